The minimum atomic E-state index is 0.515. The molecule has 0 fully saturated rings. The first-order chi connectivity index (χ1) is 13.3. The van der Waals surface area contributed by atoms with Gasteiger partial charge in [-0.05, 0) is 30.2 Å². The summed E-state index contributed by atoms with van der Waals surface area (Å²) in [6, 6.07) is 11.5. The predicted octanol–water partition coefficient (Wildman–Crippen LogP) is 4.50. The molecule has 0 spiro atoms. The molecule has 0 bridgehead atoms. The average Bonchev–Trinajstić information content (AvgIpc) is 3.25. The van der Waals surface area contributed by atoms with Crippen LogP contribution in [-0.4, -0.2) is 26.5 Å². The van der Waals surface area contributed by atoms with E-state index in [2.05, 4.69) is 25.3 Å². The molecule has 0 aliphatic rings. The molecule has 0 saturated heterocycles. The van der Waals surface area contributed by atoms with Gasteiger partial charge < -0.3 is 9.73 Å². The van der Waals surface area contributed by atoms with Crippen molar-refractivity contribution in [1.82, 2.24) is 19.9 Å². The molecule has 0 radical (unpaired) electrons. The van der Waals surface area contributed by atoms with E-state index in [1.165, 1.54) is 0 Å². The fraction of sp³-hybridized carbons (Fsp3) is 0.100. The van der Waals surface area contributed by atoms with E-state index in [0.29, 0.717) is 29.6 Å². The van der Waals surface area contributed by atoms with E-state index in [1.54, 1.807) is 31.1 Å². The molecule has 27 heavy (non-hydrogen) atoms. The maximum Gasteiger partial charge on any atom is 0.223 e. The number of hydrogen-bond donors (Lipinski definition) is 1. The molecule has 3 heterocycles. The van der Waals surface area contributed by atoms with Crippen LogP contribution < -0.4 is 5.32 Å². The van der Waals surface area contributed by atoms with Crippen molar-refractivity contribution in [3.05, 3.63) is 78.0 Å². The van der Waals surface area contributed by atoms with Crippen molar-refractivity contribution in [3.8, 4) is 22.7 Å². The number of halogens is 1. The second kappa shape index (κ2) is 7.97. The second-order valence-electron chi connectivity index (χ2n) is 5.79. The number of benzene rings is 1. The van der Waals surface area contributed by atoms with Gasteiger partial charge in [-0.2, -0.15) is 0 Å². The molecule has 134 valence electrons. The number of rotatable bonds is 6. The highest BCUT2D eigenvalue weighted by Crippen LogP contribution is 2.29. The Morgan fingerprint density at radius 2 is 1.93 bits per heavy atom. The van der Waals surface area contributed by atoms with Crippen LogP contribution in [0, 0.1) is 0 Å². The van der Waals surface area contributed by atoms with Gasteiger partial charge in [0.05, 0.1) is 18.2 Å². The van der Waals surface area contributed by atoms with Crippen LogP contribution in [0.3, 0.4) is 0 Å². The van der Waals surface area contributed by atoms with Crippen LogP contribution in [0.1, 0.15) is 5.56 Å². The molecule has 3 aromatic heterocycles. The Morgan fingerprint density at radius 3 is 2.70 bits per heavy atom. The quantitative estimate of drug-likeness (QED) is 0.533. The molecule has 0 atom stereocenters. The highest BCUT2D eigenvalue weighted by molar-refractivity contribution is 6.31. The minimum absolute atomic E-state index is 0.515. The van der Waals surface area contributed by atoms with Crippen molar-refractivity contribution in [2.75, 3.05) is 11.9 Å². The molecule has 0 amide bonds. The van der Waals surface area contributed by atoms with E-state index in [9.17, 15) is 0 Å². The average molecular weight is 378 g/mol. The van der Waals surface area contributed by atoms with Crippen LogP contribution in [0.5, 0.6) is 0 Å². The Morgan fingerprint density at radius 1 is 1.00 bits per heavy atom. The standard InChI is InChI=1S/C20H16ClN5O/c21-16-5-2-1-4-14(16)7-8-24-20-25-12-15(17-13-22-9-10-23-17)19(26-20)18-6-3-11-27-18/h1-6,9-13H,7-8H2,(H,24,25,26). The molecule has 0 unspecified atom stereocenters. The number of hydrogen-bond acceptors (Lipinski definition) is 6. The summed E-state index contributed by atoms with van der Waals surface area (Å²) in [5.74, 6) is 1.16. The summed E-state index contributed by atoms with van der Waals surface area (Å²) < 4.78 is 5.54. The van der Waals surface area contributed by atoms with E-state index in [0.717, 1.165) is 22.6 Å². The van der Waals surface area contributed by atoms with Gasteiger partial charge in [0, 0.05) is 35.7 Å². The van der Waals surface area contributed by atoms with Crippen molar-refractivity contribution < 1.29 is 4.42 Å². The number of furan rings is 1. The van der Waals surface area contributed by atoms with Crippen LogP contribution in [-0.2, 0) is 6.42 Å². The minimum Gasteiger partial charge on any atom is -0.463 e. The molecule has 4 aromatic rings. The molecule has 0 saturated carbocycles. The van der Waals surface area contributed by atoms with Crippen molar-refractivity contribution in [3.63, 3.8) is 0 Å². The third kappa shape index (κ3) is 3.96. The maximum atomic E-state index is 6.20. The van der Waals surface area contributed by atoms with Gasteiger partial charge in [-0.3, -0.25) is 9.97 Å². The molecule has 4 rings (SSSR count). The van der Waals surface area contributed by atoms with E-state index in [-0.39, 0.29) is 0 Å². The molecule has 1 N–H and O–H groups in total. The summed E-state index contributed by atoms with van der Waals surface area (Å²) in [5, 5.41) is 4.00. The van der Waals surface area contributed by atoms with Gasteiger partial charge in [-0.15, -0.1) is 0 Å². The van der Waals surface area contributed by atoms with Gasteiger partial charge in [0.25, 0.3) is 0 Å². The number of nitrogens with one attached hydrogen (secondary N) is 1. The van der Waals surface area contributed by atoms with Gasteiger partial charge >= 0.3 is 0 Å². The SMILES string of the molecule is Clc1ccccc1CCNc1ncc(-c2cnccn2)c(-c2ccco2)n1. The Bertz CT molecular complexity index is 1020. The van der Waals surface area contributed by atoms with E-state index >= 15 is 0 Å². The molecule has 7 heteroatoms. The highest BCUT2D eigenvalue weighted by atomic mass is 35.5. The summed E-state index contributed by atoms with van der Waals surface area (Å²) >= 11 is 6.20. The molecular formula is C20H16ClN5O. The first-order valence-electron chi connectivity index (χ1n) is 8.46. The first kappa shape index (κ1) is 17.2. The lowest BCUT2D eigenvalue weighted by Gasteiger charge is -2.10. The smallest absolute Gasteiger partial charge is 0.223 e. The van der Waals surface area contributed by atoms with Crippen LogP contribution in [0.4, 0.5) is 5.95 Å². The Balaban J connectivity index is 1.58. The summed E-state index contributed by atoms with van der Waals surface area (Å²) in [6.45, 7) is 0.659. The zero-order valence-electron chi connectivity index (χ0n) is 14.3. The normalized spacial score (nSPS) is 10.7. The summed E-state index contributed by atoms with van der Waals surface area (Å²) in [5.41, 5.74) is 3.19. The lowest BCUT2D eigenvalue weighted by atomic mass is 10.1. The van der Waals surface area contributed by atoms with Crippen molar-refractivity contribution >= 4 is 17.5 Å². The number of nitrogens with zero attached hydrogens (tertiary/aromatic N) is 4. The van der Waals surface area contributed by atoms with Crippen LogP contribution in [0.15, 0.2) is 71.9 Å². The first-order valence-corrected chi connectivity index (χ1v) is 8.83. The van der Waals surface area contributed by atoms with E-state index in [1.807, 2.05) is 36.4 Å². The number of aromatic nitrogens is 4. The lowest BCUT2D eigenvalue weighted by Crippen LogP contribution is -2.09. The van der Waals surface area contributed by atoms with Gasteiger partial charge in [0.1, 0.15) is 5.69 Å². The van der Waals surface area contributed by atoms with Gasteiger partial charge in [0.15, 0.2) is 5.76 Å². The summed E-state index contributed by atoms with van der Waals surface area (Å²) in [7, 11) is 0. The van der Waals surface area contributed by atoms with Crippen molar-refractivity contribution in [2.24, 2.45) is 0 Å². The maximum absolute atomic E-state index is 6.20. The van der Waals surface area contributed by atoms with Gasteiger partial charge in [-0.1, -0.05) is 29.8 Å². The zero-order valence-corrected chi connectivity index (χ0v) is 15.1. The third-order valence-electron chi connectivity index (χ3n) is 4.02. The zero-order chi connectivity index (χ0) is 18.5. The summed E-state index contributed by atoms with van der Waals surface area (Å²) in [6.07, 6.45) is 9.05. The van der Waals surface area contributed by atoms with Crippen LogP contribution in [0.2, 0.25) is 5.02 Å². The lowest BCUT2D eigenvalue weighted by molar-refractivity contribution is 0.580. The fourth-order valence-corrected chi connectivity index (χ4v) is 2.93. The number of anilines is 1. The molecule has 6 nitrogen and oxygen atoms in total. The molecule has 0 aliphatic heterocycles. The molecular weight excluding hydrogens is 362 g/mol. The van der Waals surface area contributed by atoms with Crippen molar-refractivity contribution in [2.45, 2.75) is 6.42 Å². The summed E-state index contributed by atoms with van der Waals surface area (Å²) in [4.78, 5) is 17.5. The van der Waals surface area contributed by atoms with E-state index in [4.69, 9.17) is 16.0 Å². The van der Waals surface area contributed by atoms with Gasteiger partial charge in [-0.25, -0.2) is 9.97 Å². The third-order valence-corrected chi connectivity index (χ3v) is 4.39. The Kier molecular flexibility index (Phi) is 5.07. The highest BCUT2D eigenvalue weighted by Gasteiger charge is 2.15. The molecule has 0 aliphatic carbocycles. The second-order valence-corrected chi connectivity index (χ2v) is 6.20. The van der Waals surface area contributed by atoms with Gasteiger partial charge in [0.2, 0.25) is 5.95 Å². The Labute approximate surface area is 161 Å². The predicted molar refractivity (Wildman–Crippen MR) is 104 cm³/mol. The molecule has 1 aromatic carbocycles. The topological polar surface area (TPSA) is 76.7 Å². The van der Waals surface area contributed by atoms with Crippen LogP contribution in [0.25, 0.3) is 22.7 Å². The van der Waals surface area contributed by atoms with E-state index < -0.39 is 0 Å². The monoisotopic (exact) mass is 377 g/mol. The largest absolute Gasteiger partial charge is 0.463 e. The van der Waals surface area contributed by atoms with Crippen LogP contribution >= 0.6 is 11.6 Å². The Hall–Kier alpha value is -3.25. The fourth-order valence-electron chi connectivity index (χ4n) is 2.70. The van der Waals surface area contributed by atoms with Crippen molar-refractivity contribution in [1.29, 1.82) is 0 Å².